The standard InChI is InChI=1S/C22H21N3O/c23-14-17-6-10-21(11-7-17)25-22(26)13-16-4-8-19(9-5-16)20-3-1-2-18(12-20)15-24/h1-3,6-7,10-12,16,19H,4-5,8-9,13H2,(H,25,26)/t16-,19+. The smallest absolute Gasteiger partial charge is 0.224 e. The molecule has 0 unspecified atom stereocenters. The van der Waals surface area contributed by atoms with E-state index in [1.807, 2.05) is 18.2 Å². The molecule has 4 heteroatoms. The van der Waals surface area contributed by atoms with E-state index in [4.69, 9.17) is 10.5 Å². The molecule has 1 saturated carbocycles. The van der Waals surface area contributed by atoms with Crippen LogP contribution >= 0.6 is 0 Å². The molecule has 0 saturated heterocycles. The average Bonchev–Trinajstić information content (AvgIpc) is 2.69. The van der Waals surface area contributed by atoms with Gasteiger partial charge in [-0.05, 0) is 79.5 Å². The van der Waals surface area contributed by atoms with Crippen LogP contribution in [0.2, 0.25) is 0 Å². The van der Waals surface area contributed by atoms with Crippen molar-refractivity contribution in [1.82, 2.24) is 0 Å². The lowest BCUT2D eigenvalue weighted by molar-refractivity contribution is -0.117. The highest BCUT2D eigenvalue weighted by Gasteiger charge is 2.24. The number of rotatable bonds is 4. The zero-order valence-electron chi connectivity index (χ0n) is 14.6. The van der Waals surface area contributed by atoms with Crippen LogP contribution in [0, 0.1) is 28.6 Å². The van der Waals surface area contributed by atoms with Gasteiger partial charge in [-0.25, -0.2) is 0 Å². The number of nitrogens with zero attached hydrogens (tertiary/aromatic N) is 2. The Labute approximate surface area is 154 Å². The molecular formula is C22H21N3O. The summed E-state index contributed by atoms with van der Waals surface area (Å²) in [5.41, 5.74) is 3.27. The van der Waals surface area contributed by atoms with Crippen LogP contribution in [0.4, 0.5) is 5.69 Å². The number of amides is 1. The van der Waals surface area contributed by atoms with Crippen LogP contribution in [-0.2, 0) is 4.79 Å². The number of anilines is 1. The monoisotopic (exact) mass is 343 g/mol. The van der Waals surface area contributed by atoms with Crippen molar-refractivity contribution < 1.29 is 4.79 Å². The Balaban J connectivity index is 1.49. The van der Waals surface area contributed by atoms with Gasteiger partial charge in [0.1, 0.15) is 0 Å². The number of carbonyl (C=O) groups excluding carboxylic acids is 1. The third kappa shape index (κ3) is 4.49. The predicted octanol–water partition coefficient (Wildman–Crippen LogP) is 4.73. The van der Waals surface area contributed by atoms with Crippen molar-refractivity contribution in [2.24, 2.45) is 5.92 Å². The Kier molecular flexibility index (Phi) is 5.66. The average molecular weight is 343 g/mol. The Bertz CT molecular complexity index is 850. The van der Waals surface area contributed by atoms with Crippen molar-refractivity contribution in [3.8, 4) is 12.1 Å². The molecule has 0 aliphatic heterocycles. The van der Waals surface area contributed by atoms with Crippen molar-refractivity contribution in [1.29, 1.82) is 10.5 Å². The molecule has 0 radical (unpaired) electrons. The fraction of sp³-hybridized carbons (Fsp3) is 0.318. The Hall–Kier alpha value is -3.11. The van der Waals surface area contributed by atoms with Gasteiger partial charge in [0, 0.05) is 12.1 Å². The van der Waals surface area contributed by atoms with Gasteiger partial charge in [-0.3, -0.25) is 4.79 Å². The Morgan fingerprint density at radius 2 is 1.65 bits per heavy atom. The minimum Gasteiger partial charge on any atom is -0.326 e. The number of carbonyl (C=O) groups is 1. The first-order valence-electron chi connectivity index (χ1n) is 8.98. The van der Waals surface area contributed by atoms with Crippen molar-refractivity contribution in [3.63, 3.8) is 0 Å². The molecule has 1 amide bonds. The van der Waals surface area contributed by atoms with Gasteiger partial charge in [0.15, 0.2) is 0 Å². The summed E-state index contributed by atoms with van der Waals surface area (Å²) >= 11 is 0. The van der Waals surface area contributed by atoms with Gasteiger partial charge in [-0.1, -0.05) is 12.1 Å². The SMILES string of the molecule is N#Cc1ccc(NC(=O)C[C@H]2CC[C@@H](c3cccc(C#N)c3)CC2)cc1. The number of nitriles is 2. The van der Waals surface area contributed by atoms with Crippen LogP contribution in [0.1, 0.15) is 54.7 Å². The highest BCUT2D eigenvalue weighted by Crippen LogP contribution is 2.37. The second kappa shape index (κ2) is 8.32. The second-order valence-corrected chi connectivity index (χ2v) is 6.90. The van der Waals surface area contributed by atoms with E-state index in [2.05, 4.69) is 23.5 Å². The van der Waals surface area contributed by atoms with Gasteiger partial charge in [-0.2, -0.15) is 10.5 Å². The molecule has 1 aliphatic rings. The van der Waals surface area contributed by atoms with Crippen molar-refractivity contribution in [3.05, 3.63) is 65.2 Å². The van der Waals surface area contributed by atoms with Crippen LogP contribution in [0.5, 0.6) is 0 Å². The first-order valence-corrected chi connectivity index (χ1v) is 8.98. The minimum atomic E-state index is 0.0321. The molecule has 2 aromatic rings. The second-order valence-electron chi connectivity index (χ2n) is 6.90. The van der Waals surface area contributed by atoms with E-state index in [0.717, 1.165) is 31.4 Å². The van der Waals surface area contributed by atoms with Crippen molar-refractivity contribution in [2.45, 2.75) is 38.0 Å². The maximum Gasteiger partial charge on any atom is 0.224 e. The lowest BCUT2D eigenvalue weighted by Gasteiger charge is -2.28. The third-order valence-electron chi connectivity index (χ3n) is 5.11. The predicted molar refractivity (Wildman–Crippen MR) is 100 cm³/mol. The first-order chi connectivity index (χ1) is 12.7. The van der Waals surface area contributed by atoms with Gasteiger partial charge < -0.3 is 5.32 Å². The van der Waals surface area contributed by atoms with E-state index in [0.29, 0.717) is 29.4 Å². The van der Waals surface area contributed by atoms with Gasteiger partial charge in [0.2, 0.25) is 5.91 Å². The van der Waals surface area contributed by atoms with E-state index in [1.54, 1.807) is 24.3 Å². The molecule has 3 rings (SSSR count). The van der Waals surface area contributed by atoms with E-state index in [-0.39, 0.29) is 5.91 Å². The van der Waals surface area contributed by atoms with Crippen molar-refractivity contribution >= 4 is 11.6 Å². The number of benzene rings is 2. The zero-order valence-corrected chi connectivity index (χ0v) is 14.6. The van der Waals surface area contributed by atoms with Gasteiger partial charge in [0.25, 0.3) is 0 Å². The summed E-state index contributed by atoms with van der Waals surface area (Å²) in [5, 5.41) is 20.8. The van der Waals surface area contributed by atoms with Crippen LogP contribution < -0.4 is 5.32 Å². The minimum absolute atomic E-state index is 0.0321. The third-order valence-corrected chi connectivity index (χ3v) is 5.11. The molecule has 4 nitrogen and oxygen atoms in total. The summed E-state index contributed by atoms with van der Waals surface area (Å²) < 4.78 is 0. The van der Waals surface area contributed by atoms with E-state index in [1.165, 1.54) is 5.56 Å². The lowest BCUT2D eigenvalue weighted by Crippen LogP contribution is -2.20. The molecule has 0 heterocycles. The van der Waals surface area contributed by atoms with E-state index >= 15 is 0 Å². The molecule has 1 N–H and O–H groups in total. The summed E-state index contributed by atoms with van der Waals surface area (Å²) in [4.78, 5) is 12.3. The molecule has 26 heavy (non-hydrogen) atoms. The summed E-state index contributed by atoms with van der Waals surface area (Å²) in [6.45, 7) is 0. The molecule has 0 bridgehead atoms. The lowest BCUT2D eigenvalue weighted by atomic mass is 9.77. The Morgan fingerprint density at radius 1 is 0.962 bits per heavy atom. The molecule has 0 aromatic heterocycles. The first kappa shape index (κ1) is 17.7. The normalized spacial score (nSPS) is 19.2. The number of nitrogens with one attached hydrogen (secondary N) is 1. The topological polar surface area (TPSA) is 76.7 Å². The highest BCUT2D eigenvalue weighted by molar-refractivity contribution is 5.90. The largest absolute Gasteiger partial charge is 0.326 e. The van der Waals surface area contributed by atoms with Crippen LogP contribution in [0.15, 0.2) is 48.5 Å². The maximum atomic E-state index is 12.3. The maximum absolute atomic E-state index is 12.3. The van der Waals surface area contributed by atoms with E-state index < -0.39 is 0 Å². The Morgan fingerprint density at radius 3 is 2.31 bits per heavy atom. The summed E-state index contributed by atoms with van der Waals surface area (Å²) in [5.74, 6) is 0.926. The van der Waals surface area contributed by atoms with Gasteiger partial charge in [0.05, 0.1) is 23.3 Å². The van der Waals surface area contributed by atoms with Gasteiger partial charge >= 0.3 is 0 Å². The van der Waals surface area contributed by atoms with Crippen LogP contribution in [0.25, 0.3) is 0 Å². The molecule has 130 valence electrons. The molecule has 2 aromatic carbocycles. The molecule has 0 spiro atoms. The molecular weight excluding hydrogens is 322 g/mol. The zero-order chi connectivity index (χ0) is 18.4. The summed E-state index contributed by atoms with van der Waals surface area (Å²) in [6.07, 6.45) is 4.71. The number of hydrogen-bond acceptors (Lipinski definition) is 3. The van der Waals surface area contributed by atoms with Gasteiger partial charge in [-0.15, -0.1) is 0 Å². The van der Waals surface area contributed by atoms with Crippen LogP contribution in [-0.4, -0.2) is 5.91 Å². The summed E-state index contributed by atoms with van der Waals surface area (Å²) in [6, 6.07) is 19.1. The van der Waals surface area contributed by atoms with Crippen molar-refractivity contribution in [2.75, 3.05) is 5.32 Å². The fourth-order valence-corrected chi connectivity index (χ4v) is 3.66. The molecule has 0 atom stereocenters. The fourth-order valence-electron chi connectivity index (χ4n) is 3.66. The van der Waals surface area contributed by atoms with Crippen LogP contribution in [0.3, 0.4) is 0 Å². The highest BCUT2D eigenvalue weighted by atomic mass is 16.1. The quantitative estimate of drug-likeness (QED) is 0.871. The number of hydrogen-bond donors (Lipinski definition) is 1. The van der Waals surface area contributed by atoms with E-state index in [9.17, 15) is 4.79 Å². The molecule has 1 fully saturated rings. The molecule has 1 aliphatic carbocycles. The summed E-state index contributed by atoms with van der Waals surface area (Å²) in [7, 11) is 0.